The average molecular weight is 302 g/mol. The molecule has 4 N–H and O–H groups in total. The lowest BCUT2D eigenvalue weighted by atomic mass is 10.2. The Morgan fingerprint density at radius 2 is 2.15 bits per heavy atom. The van der Waals surface area contributed by atoms with Gasteiger partial charge >= 0.3 is 0 Å². The number of aromatic hydroxyl groups is 1. The van der Waals surface area contributed by atoms with E-state index in [1.807, 2.05) is 0 Å². The van der Waals surface area contributed by atoms with Gasteiger partial charge in [-0.1, -0.05) is 0 Å². The van der Waals surface area contributed by atoms with Crippen molar-refractivity contribution in [1.82, 2.24) is 0 Å². The lowest BCUT2D eigenvalue weighted by Gasteiger charge is -2.13. The van der Waals surface area contributed by atoms with Crippen molar-refractivity contribution in [1.29, 1.82) is 0 Å². The van der Waals surface area contributed by atoms with Crippen LogP contribution >= 0.6 is 0 Å². The number of hydrogen-bond donors (Lipinski definition) is 3. The number of nitrogens with two attached hydrogens (primary N) is 1. The van der Waals surface area contributed by atoms with Crippen LogP contribution in [0.15, 0.2) is 18.2 Å². The predicted octanol–water partition coefficient (Wildman–Crippen LogP) is 0.101. The van der Waals surface area contributed by atoms with Gasteiger partial charge in [0, 0.05) is 12.3 Å². The third-order valence-corrected chi connectivity index (χ3v) is 3.58. The van der Waals surface area contributed by atoms with E-state index in [2.05, 4.69) is 5.32 Å². The van der Waals surface area contributed by atoms with Gasteiger partial charge in [0.05, 0.1) is 24.6 Å². The molecule has 20 heavy (non-hydrogen) atoms. The Labute approximate surface area is 117 Å². The summed E-state index contributed by atoms with van der Waals surface area (Å²) in [6.45, 7) is 0. The van der Waals surface area contributed by atoms with E-state index >= 15 is 0 Å². The third kappa shape index (κ3) is 5.06. The highest BCUT2D eigenvalue weighted by atomic mass is 32.2. The normalized spacial score (nSPS) is 12.8. The summed E-state index contributed by atoms with van der Waals surface area (Å²) < 4.78 is 26.9. The molecule has 1 atom stereocenters. The summed E-state index contributed by atoms with van der Waals surface area (Å²) in [4.78, 5) is 11.8. The van der Waals surface area contributed by atoms with E-state index in [0.29, 0.717) is 5.75 Å². The number of anilines is 1. The van der Waals surface area contributed by atoms with E-state index < -0.39 is 21.8 Å². The Morgan fingerprint density at radius 1 is 1.50 bits per heavy atom. The minimum absolute atomic E-state index is 0.0155. The lowest BCUT2D eigenvalue weighted by molar-refractivity contribution is -0.117. The van der Waals surface area contributed by atoms with Crippen LogP contribution in [0.2, 0.25) is 0 Å². The molecule has 8 heteroatoms. The fourth-order valence-corrected chi connectivity index (χ4v) is 2.12. The fraction of sp³-hybridized carbons (Fsp3) is 0.417. The molecule has 112 valence electrons. The number of phenolic OH excluding ortho intramolecular Hbond substituents is 1. The Kier molecular flexibility index (Phi) is 5.34. The SMILES string of the molecule is COc1ccc(NC(=O)C(N)CCS(C)(=O)=O)c(O)c1. The zero-order chi connectivity index (χ0) is 15.3. The molecular formula is C12H18N2O5S. The van der Waals surface area contributed by atoms with Crippen molar-refractivity contribution in [3.63, 3.8) is 0 Å². The van der Waals surface area contributed by atoms with Crippen LogP contribution in [-0.4, -0.2) is 44.6 Å². The first-order chi connectivity index (χ1) is 9.23. The molecule has 1 unspecified atom stereocenters. The Balaban J connectivity index is 2.66. The van der Waals surface area contributed by atoms with Gasteiger partial charge in [0.2, 0.25) is 5.91 Å². The molecule has 0 saturated heterocycles. The third-order valence-electron chi connectivity index (χ3n) is 2.60. The summed E-state index contributed by atoms with van der Waals surface area (Å²) in [5.41, 5.74) is 5.78. The molecule has 0 aromatic heterocycles. The van der Waals surface area contributed by atoms with Crippen molar-refractivity contribution in [2.24, 2.45) is 5.73 Å². The molecule has 0 heterocycles. The van der Waals surface area contributed by atoms with Crippen LogP contribution in [0.5, 0.6) is 11.5 Å². The van der Waals surface area contributed by atoms with Gasteiger partial charge in [0.15, 0.2) is 0 Å². The molecule has 1 aromatic rings. The van der Waals surface area contributed by atoms with Crippen LogP contribution in [0.3, 0.4) is 0 Å². The van der Waals surface area contributed by atoms with Crippen LogP contribution in [0.25, 0.3) is 0 Å². The number of benzene rings is 1. The van der Waals surface area contributed by atoms with Gasteiger partial charge in [-0.05, 0) is 18.6 Å². The van der Waals surface area contributed by atoms with Crippen LogP contribution < -0.4 is 15.8 Å². The smallest absolute Gasteiger partial charge is 0.241 e. The van der Waals surface area contributed by atoms with E-state index in [9.17, 15) is 18.3 Å². The monoisotopic (exact) mass is 302 g/mol. The van der Waals surface area contributed by atoms with Crippen molar-refractivity contribution in [3.05, 3.63) is 18.2 Å². The molecule has 0 fully saturated rings. The second-order valence-electron chi connectivity index (χ2n) is 4.40. The molecule has 0 aliphatic carbocycles. The highest BCUT2D eigenvalue weighted by molar-refractivity contribution is 7.90. The first-order valence-electron chi connectivity index (χ1n) is 5.84. The fourth-order valence-electron chi connectivity index (χ4n) is 1.44. The molecule has 0 bridgehead atoms. The number of carbonyl (C=O) groups excluding carboxylic acids is 1. The van der Waals surface area contributed by atoms with E-state index in [0.717, 1.165) is 6.26 Å². The minimum Gasteiger partial charge on any atom is -0.506 e. The van der Waals surface area contributed by atoms with Gasteiger partial charge < -0.3 is 20.9 Å². The summed E-state index contributed by atoms with van der Waals surface area (Å²) in [6, 6.07) is 3.41. The van der Waals surface area contributed by atoms with E-state index in [-0.39, 0.29) is 23.6 Å². The van der Waals surface area contributed by atoms with Gasteiger partial charge in [-0.3, -0.25) is 4.79 Å². The number of rotatable bonds is 6. The molecule has 0 radical (unpaired) electrons. The van der Waals surface area contributed by atoms with Gasteiger partial charge in [-0.25, -0.2) is 8.42 Å². The van der Waals surface area contributed by atoms with Crippen molar-refractivity contribution in [2.75, 3.05) is 24.4 Å². The number of hydrogen-bond acceptors (Lipinski definition) is 6. The molecule has 0 saturated carbocycles. The molecule has 0 aliphatic heterocycles. The number of nitrogens with one attached hydrogen (secondary N) is 1. The number of methoxy groups -OCH3 is 1. The summed E-state index contributed by atoms with van der Waals surface area (Å²) in [7, 11) is -1.72. The van der Waals surface area contributed by atoms with Gasteiger partial charge in [0.25, 0.3) is 0 Å². The van der Waals surface area contributed by atoms with Gasteiger partial charge in [0.1, 0.15) is 21.3 Å². The number of phenols is 1. The largest absolute Gasteiger partial charge is 0.506 e. The standard InChI is InChI=1S/C12H18N2O5S/c1-19-8-3-4-10(11(15)7-8)14-12(16)9(13)5-6-20(2,17)18/h3-4,7,9,15H,5-6,13H2,1-2H3,(H,14,16). The topological polar surface area (TPSA) is 119 Å². The van der Waals surface area contributed by atoms with Crippen LogP contribution in [-0.2, 0) is 14.6 Å². The summed E-state index contributed by atoms with van der Waals surface area (Å²) in [5.74, 6) is -0.445. The van der Waals surface area contributed by atoms with Crippen molar-refractivity contribution >= 4 is 21.4 Å². The van der Waals surface area contributed by atoms with E-state index in [1.165, 1.54) is 19.2 Å². The number of carbonyl (C=O) groups is 1. The second kappa shape index (κ2) is 6.58. The highest BCUT2D eigenvalue weighted by Gasteiger charge is 2.17. The first kappa shape index (κ1) is 16.3. The van der Waals surface area contributed by atoms with E-state index in [1.54, 1.807) is 6.07 Å². The average Bonchev–Trinajstić information content (AvgIpc) is 2.37. The minimum atomic E-state index is -3.17. The lowest BCUT2D eigenvalue weighted by Crippen LogP contribution is -2.37. The van der Waals surface area contributed by atoms with Crippen molar-refractivity contribution in [2.45, 2.75) is 12.5 Å². The molecule has 0 aliphatic rings. The molecule has 1 rings (SSSR count). The van der Waals surface area contributed by atoms with Gasteiger partial charge in [-0.15, -0.1) is 0 Å². The quantitative estimate of drug-likeness (QED) is 0.641. The van der Waals surface area contributed by atoms with Crippen molar-refractivity contribution in [3.8, 4) is 11.5 Å². The molecule has 1 aromatic carbocycles. The number of sulfone groups is 1. The van der Waals surface area contributed by atoms with E-state index in [4.69, 9.17) is 10.5 Å². The Hall–Kier alpha value is -1.80. The second-order valence-corrected chi connectivity index (χ2v) is 6.66. The molecule has 0 spiro atoms. The molecular weight excluding hydrogens is 284 g/mol. The summed E-state index contributed by atoms with van der Waals surface area (Å²) in [5, 5.41) is 12.1. The molecule has 7 nitrogen and oxygen atoms in total. The maximum atomic E-state index is 11.8. The van der Waals surface area contributed by atoms with Crippen LogP contribution in [0, 0.1) is 0 Å². The number of ether oxygens (including phenoxy) is 1. The number of amides is 1. The zero-order valence-electron chi connectivity index (χ0n) is 11.3. The van der Waals surface area contributed by atoms with Gasteiger partial charge in [-0.2, -0.15) is 0 Å². The highest BCUT2D eigenvalue weighted by Crippen LogP contribution is 2.27. The van der Waals surface area contributed by atoms with Crippen LogP contribution in [0.4, 0.5) is 5.69 Å². The Morgan fingerprint density at radius 3 is 2.65 bits per heavy atom. The maximum Gasteiger partial charge on any atom is 0.241 e. The predicted molar refractivity (Wildman–Crippen MR) is 75.6 cm³/mol. The summed E-state index contributed by atoms with van der Waals surface area (Å²) >= 11 is 0. The maximum absolute atomic E-state index is 11.8. The Bertz CT molecular complexity index is 586. The first-order valence-corrected chi connectivity index (χ1v) is 7.90. The van der Waals surface area contributed by atoms with Crippen LogP contribution in [0.1, 0.15) is 6.42 Å². The zero-order valence-corrected chi connectivity index (χ0v) is 12.1. The molecule has 1 amide bonds. The summed E-state index contributed by atoms with van der Waals surface area (Å²) in [6.07, 6.45) is 1.09. The van der Waals surface area contributed by atoms with Crippen molar-refractivity contribution < 1.29 is 23.1 Å².